The molecule has 4 rings (SSSR count). The van der Waals surface area contributed by atoms with E-state index in [4.69, 9.17) is 20.8 Å². The fourth-order valence-corrected chi connectivity index (χ4v) is 3.62. The first-order valence-electron chi connectivity index (χ1n) is 7.84. The molecule has 1 aromatic carbocycles. The SMILES string of the molecule is CN1CC2(CCN(C(=O)c3cc4cc(Cl)ccc4oc3=O)C2)OC1=O. The van der Waals surface area contributed by atoms with Crippen LogP contribution in [0.1, 0.15) is 16.8 Å². The fourth-order valence-electron chi connectivity index (χ4n) is 3.44. The van der Waals surface area contributed by atoms with Gasteiger partial charge in [-0.15, -0.1) is 0 Å². The average Bonchev–Trinajstić information content (AvgIpc) is 3.09. The molecule has 2 fully saturated rings. The molecule has 3 heterocycles. The van der Waals surface area contributed by atoms with Gasteiger partial charge in [-0.1, -0.05) is 11.6 Å². The molecule has 2 aliphatic rings. The molecule has 0 radical (unpaired) electrons. The van der Waals surface area contributed by atoms with E-state index < -0.39 is 23.2 Å². The van der Waals surface area contributed by atoms with E-state index >= 15 is 0 Å². The second kappa shape index (κ2) is 5.49. The summed E-state index contributed by atoms with van der Waals surface area (Å²) in [7, 11) is 1.66. The Hall–Kier alpha value is -2.54. The summed E-state index contributed by atoms with van der Waals surface area (Å²) in [5, 5.41) is 1.07. The third-order valence-electron chi connectivity index (χ3n) is 4.67. The van der Waals surface area contributed by atoms with Gasteiger partial charge in [0.05, 0.1) is 13.1 Å². The Morgan fingerprint density at radius 3 is 2.76 bits per heavy atom. The summed E-state index contributed by atoms with van der Waals surface area (Å²) < 4.78 is 10.7. The number of carbonyl (C=O) groups is 2. The summed E-state index contributed by atoms with van der Waals surface area (Å²) in [4.78, 5) is 39.6. The molecule has 25 heavy (non-hydrogen) atoms. The van der Waals surface area contributed by atoms with Crippen LogP contribution >= 0.6 is 11.6 Å². The number of likely N-dealkylation sites (N-methyl/N-ethyl adjacent to an activating group) is 1. The number of carbonyl (C=O) groups excluding carboxylic acids is 2. The number of benzene rings is 1. The van der Waals surface area contributed by atoms with Crippen molar-refractivity contribution in [3.8, 4) is 0 Å². The van der Waals surface area contributed by atoms with Gasteiger partial charge in [0.25, 0.3) is 5.91 Å². The number of rotatable bonds is 1. The first-order chi connectivity index (χ1) is 11.9. The summed E-state index contributed by atoms with van der Waals surface area (Å²) in [5.41, 5.74) is -1.07. The highest BCUT2D eigenvalue weighted by atomic mass is 35.5. The van der Waals surface area contributed by atoms with Crippen molar-refractivity contribution >= 4 is 34.6 Å². The Morgan fingerprint density at radius 1 is 1.24 bits per heavy atom. The van der Waals surface area contributed by atoms with Crippen molar-refractivity contribution in [3.05, 3.63) is 45.3 Å². The van der Waals surface area contributed by atoms with E-state index in [0.717, 1.165) is 0 Å². The molecule has 8 heteroatoms. The zero-order valence-electron chi connectivity index (χ0n) is 13.5. The first-order valence-corrected chi connectivity index (χ1v) is 8.21. The quantitative estimate of drug-likeness (QED) is 0.726. The zero-order valence-corrected chi connectivity index (χ0v) is 14.2. The lowest BCUT2D eigenvalue weighted by Gasteiger charge is -2.21. The average molecular weight is 363 g/mol. The van der Waals surface area contributed by atoms with Gasteiger partial charge in [-0.05, 0) is 24.3 Å². The molecule has 1 atom stereocenters. The molecule has 130 valence electrons. The Morgan fingerprint density at radius 2 is 2.04 bits per heavy atom. The number of ether oxygens (including phenoxy) is 1. The van der Waals surface area contributed by atoms with Gasteiger partial charge in [-0.2, -0.15) is 0 Å². The maximum Gasteiger partial charge on any atom is 0.410 e. The van der Waals surface area contributed by atoms with Crippen LogP contribution in [0.5, 0.6) is 0 Å². The van der Waals surface area contributed by atoms with E-state index in [1.54, 1.807) is 25.2 Å². The smallest absolute Gasteiger partial charge is 0.410 e. The van der Waals surface area contributed by atoms with Crippen LogP contribution in [0.4, 0.5) is 4.79 Å². The van der Waals surface area contributed by atoms with E-state index in [0.29, 0.717) is 35.5 Å². The van der Waals surface area contributed by atoms with Gasteiger partial charge in [-0.3, -0.25) is 4.79 Å². The molecule has 0 aliphatic carbocycles. The molecule has 1 aromatic heterocycles. The van der Waals surface area contributed by atoms with Crippen molar-refractivity contribution in [1.29, 1.82) is 0 Å². The highest BCUT2D eigenvalue weighted by molar-refractivity contribution is 6.31. The van der Waals surface area contributed by atoms with Gasteiger partial charge in [0.2, 0.25) is 0 Å². The van der Waals surface area contributed by atoms with Gasteiger partial charge in [0.15, 0.2) is 5.60 Å². The third-order valence-corrected chi connectivity index (χ3v) is 4.90. The van der Waals surface area contributed by atoms with Gasteiger partial charge in [-0.25, -0.2) is 9.59 Å². The van der Waals surface area contributed by atoms with Crippen molar-refractivity contribution in [2.75, 3.05) is 26.7 Å². The predicted octanol–water partition coefficient (Wildman–Crippen LogP) is 2.11. The Kier molecular flexibility index (Phi) is 3.50. The number of hydrogen-bond donors (Lipinski definition) is 0. The number of amides is 2. The Labute approximate surface area is 147 Å². The van der Waals surface area contributed by atoms with Crippen molar-refractivity contribution in [1.82, 2.24) is 9.80 Å². The summed E-state index contributed by atoms with van der Waals surface area (Å²) in [6, 6.07) is 6.33. The van der Waals surface area contributed by atoms with E-state index in [1.807, 2.05) is 0 Å². The molecule has 2 saturated heterocycles. The molecule has 0 saturated carbocycles. The van der Waals surface area contributed by atoms with Crippen molar-refractivity contribution < 1.29 is 18.7 Å². The number of halogens is 1. The minimum atomic E-state index is -0.693. The maximum absolute atomic E-state index is 12.8. The van der Waals surface area contributed by atoms with E-state index in [-0.39, 0.29) is 12.1 Å². The third kappa shape index (κ3) is 2.64. The van der Waals surface area contributed by atoms with Gasteiger partial charge >= 0.3 is 11.7 Å². The molecule has 0 bridgehead atoms. The predicted molar refractivity (Wildman–Crippen MR) is 89.9 cm³/mol. The fraction of sp³-hybridized carbons (Fsp3) is 0.353. The van der Waals surface area contributed by atoms with E-state index in [9.17, 15) is 14.4 Å². The van der Waals surface area contributed by atoms with Crippen molar-refractivity contribution in [2.45, 2.75) is 12.0 Å². The lowest BCUT2D eigenvalue weighted by molar-refractivity contribution is 0.0551. The molecule has 7 nitrogen and oxygen atoms in total. The minimum absolute atomic E-state index is 0.0514. The van der Waals surface area contributed by atoms with Crippen LogP contribution in [0, 0.1) is 0 Å². The second-order valence-corrected chi connectivity index (χ2v) is 6.95. The monoisotopic (exact) mass is 362 g/mol. The van der Waals surface area contributed by atoms with Crippen molar-refractivity contribution in [3.63, 3.8) is 0 Å². The number of likely N-dealkylation sites (tertiary alicyclic amines) is 1. The number of fused-ring (bicyclic) bond motifs is 1. The van der Waals surface area contributed by atoms with Crippen molar-refractivity contribution in [2.24, 2.45) is 0 Å². The van der Waals surface area contributed by atoms with Gasteiger partial charge in [0, 0.05) is 30.4 Å². The lowest BCUT2D eigenvalue weighted by atomic mass is 10.0. The van der Waals surface area contributed by atoms with Crippen LogP contribution in [0.3, 0.4) is 0 Å². The first kappa shape index (κ1) is 16.0. The zero-order chi connectivity index (χ0) is 17.8. The van der Waals surface area contributed by atoms with Gasteiger partial charge < -0.3 is 19.0 Å². The minimum Gasteiger partial charge on any atom is -0.439 e. The van der Waals surface area contributed by atoms with Crippen LogP contribution in [0.2, 0.25) is 5.02 Å². The van der Waals surface area contributed by atoms with Crippen LogP contribution in [0.15, 0.2) is 33.5 Å². The molecular formula is C17H15ClN2O5. The highest BCUT2D eigenvalue weighted by Gasteiger charge is 2.49. The molecular weight excluding hydrogens is 348 g/mol. The molecule has 1 spiro atoms. The lowest BCUT2D eigenvalue weighted by Crippen LogP contribution is -2.40. The molecule has 2 aromatic rings. The second-order valence-electron chi connectivity index (χ2n) is 6.51. The molecule has 2 amide bonds. The summed E-state index contributed by atoms with van der Waals surface area (Å²) in [6.07, 6.45) is 0.147. The van der Waals surface area contributed by atoms with E-state index in [2.05, 4.69) is 0 Å². The van der Waals surface area contributed by atoms with Crippen LogP contribution < -0.4 is 5.63 Å². The standard InChI is InChI=1S/C17H15ClN2O5/c1-19-8-17(25-16(19)23)4-5-20(9-17)14(21)12-7-10-6-11(18)2-3-13(10)24-15(12)22/h2-3,6-7H,4-5,8-9H2,1H3. The van der Waals surface area contributed by atoms with Crippen LogP contribution in [-0.4, -0.2) is 54.1 Å². The number of nitrogens with zero attached hydrogens (tertiary/aromatic N) is 2. The normalized spacial score (nSPS) is 22.9. The number of hydrogen-bond acceptors (Lipinski definition) is 5. The summed E-state index contributed by atoms with van der Waals surface area (Å²) in [5.74, 6) is -0.432. The summed E-state index contributed by atoms with van der Waals surface area (Å²) in [6.45, 7) is 1.10. The molecule has 0 N–H and O–H groups in total. The summed E-state index contributed by atoms with van der Waals surface area (Å²) >= 11 is 5.96. The Bertz CT molecular complexity index is 956. The van der Waals surface area contributed by atoms with E-state index in [1.165, 1.54) is 15.9 Å². The Balaban J connectivity index is 1.63. The molecule has 1 unspecified atom stereocenters. The topological polar surface area (TPSA) is 80.1 Å². The van der Waals surface area contributed by atoms with Gasteiger partial charge in [0.1, 0.15) is 11.1 Å². The van der Waals surface area contributed by atoms with Crippen LogP contribution in [0.25, 0.3) is 11.0 Å². The largest absolute Gasteiger partial charge is 0.439 e. The van der Waals surface area contributed by atoms with Crippen LogP contribution in [-0.2, 0) is 4.74 Å². The maximum atomic E-state index is 12.8. The highest BCUT2D eigenvalue weighted by Crippen LogP contribution is 2.32. The molecule has 2 aliphatic heterocycles.